The number of hydrogen-bond donors (Lipinski definition) is 2. The standard InChI is InChI=1S/C24H23N7/c1-15-21-12-22(18-10-11-18)31(24(21)26-14-25-15)13-16-6-8-17(9-7-16)19-4-2-3-5-20(19)23-27-29-30-28-23/h2-9,12,14-15,18H,10-11,13H2,1H3,(H,25,26)(H,27,28,29,30). The summed E-state index contributed by atoms with van der Waals surface area (Å²) >= 11 is 0. The van der Waals surface area contributed by atoms with Crippen molar-refractivity contribution in [3.8, 4) is 22.5 Å². The van der Waals surface area contributed by atoms with Crippen LogP contribution in [0.3, 0.4) is 0 Å². The SMILES string of the molecule is CC1N=CNc2c1cc(C1CC1)n2Cc1ccc(-c2ccccc2-c2nnn[nH]2)cc1. The average molecular weight is 409 g/mol. The monoisotopic (exact) mass is 409 g/mol. The van der Waals surface area contributed by atoms with Gasteiger partial charge in [0.15, 0.2) is 5.82 Å². The van der Waals surface area contributed by atoms with Crippen LogP contribution in [0.5, 0.6) is 0 Å². The van der Waals surface area contributed by atoms with E-state index in [9.17, 15) is 0 Å². The lowest BCUT2D eigenvalue weighted by Crippen LogP contribution is -2.13. The Morgan fingerprint density at radius 2 is 1.84 bits per heavy atom. The first-order valence-electron chi connectivity index (χ1n) is 10.7. The Balaban J connectivity index is 1.33. The molecule has 1 fully saturated rings. The van der Waals surface area contributed by atoms with E-state index in [2.05, 4.69) is 78.8 Å². The number of aromatic amines is 1. The molecule has 7 heteroatoms. The maximum atomic E-state index is 4.52. The van der Waals surface area contributed by atoms with Gasteiger partial charge in [-0.25, -0.2) is 5.10 Å². The van der Waals surface area contributed by atoms with E-state index >= 15 is 0 Å². The summed E-state index contributed by atoms with van der Waals surface area (Å²) in [6.07, 6.45) is 4.40. The van der Waals surface area contributed by atoms with Crippen LogP contribution in [0.15, 0.2) is 59.6 Å². The Labute approximate surface area is 180 Å². The topological polar surface area (TPSA) is 83.8 Å². The molecule has 0 spiro atoms. The van der Waals surface area contributed by atoms with Crippen molar-refractivity contribution in [2.24, 2.45) is 4.99 Å². The van der Waals surface area contributed by atoms with Crippen molar-refractivity contribution in [2.45, 2.75) is 38.3 Å². The third-order valence-corrected chi connectivity index (χ3v) is 6.24. The maximum Gasteiger partial charge on any atom is 0.180 e. The highest BCUT2D eigenvalue weighted by Crippen LogP contribution is 2.45. The maximum absolute atomic E-state index is 4.52. The summed E-state index contributed by atoms with van der Waals surface area (Å²) in [6.45, 7) is 3.01. The van der Waals surface area contributed by atoms with E-state index < -0.39 is 0 Å². The summed E-state index contributed by atoms with van der Waals surface area (Å²) in [5, 5.41) is 17.8. The van der Waals surface area contributed by atoms with Gasteiger partial charge in [0.05, 0.1) is 12.4 Å². The highest BCUT2D eigenvalue weighted by Gasteiger charge is 2.31. The molecule has 2 aliphatic rings. The van der Waals surface area contributed by atoms with Gasteiger partial charge in [-0.2, -0.15) is 0 Å². The van der Waals surface area contributed by atoms with Crippen molar-refractivity contribution >= 4 is 12.2 Å². The fourth-order valence-electron chi connectivity index (χ4n) is 4.44. The van der Waals surface area contributed by atoms with Gasteiger partial charge in [0.2, 0.25) is 0 Å². The minimum absolute atomic E-state index is 0.208. The Morgan fingerprint density at radius 3 is 2.58 bits per heavy atom. The summed E-state index contributed by atoms with van der Waals surface area (Å²) in [5.74, 6) is 2.55. The van der Waals surface area contributed by atoms with Crippen LogP contribution in [0.25, 0.3) is 22.5 Å². The first-order chi connectivity index (χ1) is 15.3. The molecule has 3 heterocycles. The predicted octanol–water partition coefficient (Wildman–Crippen LogP) is 4.78. The van der Waals surface area contributed by atoms with Gasteiger partial charge in [-0.15, -0.1) is 5.10 Å². The lowest BCUT2D eigenvalue weighted by atomic mass is 9.98. The number of anilines is 1. The molecule has 1 aliphatic heterocycles. The summed E-state index contributed by atoms with van der Waals surface area (Å²) in [7, 11) is 0. The number of H-pyrrole nitrogens is 1. The Hall–Kier alpha value is -3.74. The van der Waals surface area contributed by atoms with Crippen LogP contribution < -0.4 is 5.32 Å². The van der Waals surface area contributed by atoms with Crippen LogP contribution in [-0.2, 0) is 6.54 Å². The molecule has 1 atom stereocenters. The zero-order chi connectivity index (χ0) is 20.8. The molecule has 0 saturated heterocycles. The van der Waals surface area contributed by atoms with Gasteiger partial charge in [0, 0.05) is 23.4 Å². The molecule has 4 aromatic rings. The molecule has 1 aliphatic carbocycles. The van der Waals surface area contributed by atoms with Gasteiger partial charge in [-0.05, 0) is 58.9 Å². The first-order valence-corrected chi connectivity index (χ1v) is 10.7. The van der Waals surface area contributed by atoms with E-state index in [1.54, 1.807) is 0 Å². The second-order valence-electron chi connectivity index (χ2n) is 8.32. The van der Waals surface area contributed by atoms with Gasteiger partial charge >= 0.3 is 0 Å². The summed E-state index contributed by atoms with van der Waals surface area (Å²) in [4.78, 5) is 4.52. The fourth-order valence-corrected chi connectivity index (χ4v) is 4.44. The quantitative estimate of drug-likeness (QED) is 0.497. The number of nitrogens with one attached hydrogen (secondary N) is 2. The highest BCUT2D eigenvalue weighted by atomic mass is 15.5. The number of rotatable bonds is 5. The molecule has 0 radical (unpaired) electrons. The number of tetrazole rings is 1. The molecule has 0 amide bonds. The van der Waals surface area contributed by atoms with Crippen LogP contribution in [0.1, 0.15) is 48.5 Å². The third kappa shape index (κ3) is 3.22. The molecule has 1 unspecified atom stereocenters. The Bertz CT molecular complexity index is 1250. The van der Waals surface area contributed by atoms with Crippen LogP contribution >= 0.6 is 0 Å². The molecule has 0 bridgehead atoms. The molecule has 1 saturated carbocycles. The highest BCUT2D eigenvalue weighted by molar-refractivity contribution is 5.81. The molecule has 2 N–H and O–H groups in total. The largest absolute Gasteiger partial charge is 0.333 e. The molecule has 31 heavy (non-hydrogen) atoms. The molecular weight excluding hydrogens is 386 g/mol. The summed E-state index contributed by atoms with van der Waals surface area (Å²) < 4.78 is 2.44. The zero-order valence-electron chi connectivity index (χ0n) is 17.3. The number of hydrogen-bond acceptors (Lipinski definition) is 5. The second kappa shape index (κ2) is 7.19. The normalized spacial score (nSPS) is 17.4. The van der Waals surface area contributed by atoms with E-state index in [0.717, 1.165) is 23.2 Å². The molecule has 2 aromatic heterocycles. The Morgan fingerprint density at radius 1 is 1.03 bits per heavy atom. The van der Waals surface area contributed by atoms with Crippen molar-refractivity contribution in [3.05, 3.63) is 71.4 Å². The van der Waals surface area contributed by atoms with Crippen molar-refractivity contribution in [2.75, 3.05) is 5.32 Å². The second-order valence-corrected chi connectivity index (χ2v) is 8.32. The van der Waals surface area contributed by atoms with E-state index in [4.69, 9.17) is 0 Å². The number of aromatic nitrogens is 5. The molecular formula is C24H23N7. The van der Waals surface area contributed by atoms with Gasteiger partial charge in [0.25, 0.3) is 0 Å². The van der Waals surface area contributed by atoms with Crippen LogP contribution in [-0.4, -0.2) is 31.5 Å². The average Bonchev–Trinajstić information content (AvgIpc) is 3.36. The smallest absolute Gasteiger partial charge is 0.180 e. The van der Waals surface area contributed by atoms with Gasteiger partial charge in [-0.3, -0.25) is 4.99 Å². The summed E-state index contributed by atoms with van der Waals surface area (Å²) in [6, 6.07) is 19.5. The van der Waals surface area contributed by atoms with Crippen molar-refractivity contribution < 1.29 is 0 Å². The number of fused-ring (bicyclic) bond motifs is 1. The molecule has 7 nitrogen and oxygen atoms in total. The van der Waals surface area contributed by atoms with E-state index in [1.807, 2.05) is 24.5 Å². The lowest BCUT2D eigenvalue weighted by Gasteiger charge is -2.18. The van der Waals surface area contributed by atoms with Gasteiger partial charge < -0.3 is 9.88 Å². The van der Waals surface area contributed by atoms with E-state index in [-0.39, 0.29) is 6.04 Å². The molecule has 6 rings (SSSR count). The predicted molar refractivity (Wildman–Crippen MR) is 121 cm³/mol. The van der Waals surface area contributed by atoms with E-state index in [1.165, 1.54) is 35.5 Å². The zero-order valence-corrected chi connectivity index (χ0v) is 17.3. The van der Waals surface area contributed by atoms with Crippen molar-refractivity contribution in [1.82, 2.24) is 25.2 Å². The summed E-state index contributed by atoms with van der Waals surface area (Å²) in [5.41, 5.74) is 7.26. The minimum atomic E-state index is 0.208. The van der Waals surface area contributed by atoms with Crippen LogP contribution in [0.4, 0.5) is 5.82 Å². The fraction of sp³-hybridized carbons (Fsp3) is 0.250. The third-order valence-electron chi connectivity index (χ3n) is 6.24. The number of aliphatic imine (C=N–C) groups is 1. The number of nitrogens with zero attached hydrogens (tertiary/aromatic N) is 5. The molecule has 2 aromatic carbocycles. The lowest BCUT2D eigenvalue weighted by molar-refractivity contribution is 0.745. The minimum Gasteiger partial charge on any atom is -0.333 e. The first kappa shape index (κ1) is 18.1. The van der Waals surface area contributed by atoms with Gasteiger partial charge in [0.1, 0.15) is 5.82 Å². The van der Waals surface area contributed by atoms with Gasteiger partial charge in [-0.1, -0.05) is 48.5 Å². The van der Waals surface area contributed by atoms with Crippen LogP contribution in [0, 0.1) is 0 Å². The van der Waals surface area contributed by atoms with Crippen LogP contribution in [0.2, 0.25) is 0 Å². The van der Waals surface area contributed by atoms with Crippen molar-refractivity contribution in [1.29, 1.82) is 0 Å². The molecule has 154 valence electrons. The Kier molecular flexibility index (Phi) is 4.19. The number of benzene rings is 2. The van der Waals surface area contributed by atoms with Crippen molar-refractivity contribution in [3.63, 3.8) is 0 Å². The van der Waals surface area contributed by atoms with E-state index in [0.29, 0.717) is 11.7 Å².